The van der Waals surface area contributed by atoms with Crippen LogP contribution in [0.4, 0.5) is 0 Å². The summed E-state index contributed by atoms with van der Waals surface area (Å²) in [6.45, 7) is -0.374. The lowest BCUT2D eigenvalue weighted by atomic mass is 9.80. The fraction of sp³-hybridized carbons (Fsp3) is 0.294. The molecule has 5 rings (SSSR count). The van der Waals surface area contributed by atoms with Gasteiger partial charge in [-0.15, -0.1) is 0 Å². The van der Waals surface area contributed by atoms with E-state index in [1.54, 1.807) is 31.4 Å². The van der Waals surface area contributed by atoms with Crippen LogP contribution in [0.5, 0.6) is 11.5 Å². The second kappa shape index (κ2) is 14.0. The Hall–Kier alpha value is -4.32. The largest absolute Gasteiger partial charge is 0.497 e. The molecule has 0 aliphatic carbocycles. The lowest BCUT2D eigenvalue weighted by Gasteiger charge is -2.42. The number of aliphatic hydroxyl groups is 3. The molecule has 10 heteroatoms. The van der Waals surface area contributed by atoms with Crippen molar-refractivity contribution in [2.45, 2.75) is 42.7 Å². The van der Waals surface area contributed by atoms with Crippen LogP contribution in [0.3, 0.4) is 0 Å². The van der Waals surface area contributed by atoms with Crippen LogP contribution in [0, 0.1) is 10.1 Å². The molecule has 1 aliphatic heterocycles. The van der Waals surface area contributed by atoms with Gasteiger partial charge in [0.15, 0.2) is 0 Å². The maximum Gasteiger partial charge on any atom is 0.229 e. The summed E-state index contributed by atoms with van der Waals surface area (Å²) in [5.74, 6) is 1.00. The molecule has 0 radical (unpaired) electrons. The molecule has 5 atom stereocenters. The van der Waals surface area contributed by atoms with Gasteiger partial charge in [-0.1, -0.05) is 84.9 Å². The molecule has 1 saturated heterocycles. The first-order chi connectivity index (χ1) is 21.3. The molecule has 4 aromatic rings. The first kappa shape index (κ1) is 31.1. The van der Waals surface area contributed by atoms with Gasteiger partial charge < -0.3 is 34.3 Å². The minimum absolute atomic E-state index is 0.180. The van der Waals surface area contributed by atoms with Gasteiger partial charge in [0.05, 0.1) is 13.7 Å². The van der Waals surface area contributed by atoms with Gasteiger partial charge in [-0.25, -0.2) is 0 Å². The number of methoxy groups -OCH3 is 1. The van der Waals surface area contributed by atoms with E-state index >= 15 is 0 Å². The number of rotatable bonds is 12. The molecule has 0 aromatic heterocycles. The zero-order chi connectivity index (χ0) is 31.1. The molecule has 1 heterocycles. The summed E-state index contributed by atoms with van der Waals surface area (Å²) in [4.78, 5) is 10.3. The van der Waals surface area contributed by atoms with Gasteiger partial charge in [-0.2, -0.15) is 0 Å². The monoisotopic (exact) mass is 601 g/mol. The van der Waals surface area contributed by atoms with Gasteiger partial charge in [0.25, 0.3) is 0 Å². The van der Waals surface area contributed by atoms with Crippen molar-refractivity contribution in [3.05, 3.63) is 142 Å². The molecule has 3 N–H and O–H groups in total. The highest BCUT2D eigenvalue weighted by Gasteiger charge is 2.47. The molecular weight excluding hydrogens is 566 g/mol. The van der Waals surface area contributed by atoms with E-state index < -0.39 is 36.3 Å². The molecule has 230 valence electrons. The Morgan fingerprint density at radius 2 is 1.30 bits per heavy atom. The van der Waals surface area contributed by atoms with Crippen molar-refractivity contribution in [1.29, 1.82) is 0 Å². The van der Waals surface area contributed by atoms with E-state index in [1.807, 2.05) is 84.9 Å². The van der Waals surface area contributed by atoms with E-state index in [-0.39, 0.29) is 24.5 Å². The zero-order valence-corrected chi connectivity index (χ0v) is 24.1. The van der Waals surface area contributed by atoms with E-state index in [4.69, 9.17) is 18.9 Å². The molecule has 0 spiro atoms. The van der Waals surface area contributed by atoms with Crippen molar-refractivity contribution in [1.82, 2.24) is 0 Å². The number of ether oxygens (including phenoxy) is 4. The third kappa shape index (κ3) is 6.75. The Morgan fingerprint density at radius 3 is 1.84 bits per heavy atom. The SMILES string of the molecule is COc1ccc(C(OC[C@H]2O[C@@H](Oc3ccc(CC[N+](=O)[O-])cc3)[C@H](O)[C@@H](O)[C@@H]2O)(c2ccccc2)c2ccccc2)cc1. The van der Waals surface area contributed by atoms with Crippen molar-refractivity contribution >= 4 is 0 Å². The molecule has 1 fully saturated rings. The number of aliphatic hydroxyl groups excluding tert-OH is 3. The normalized spacial score (nSPS) is 21.9. The van der Waals surface area contributed by atoms with Crippen molar-refractivity contribution in [2.75, 3.05) is 20.3 Å². The summed E-state index contributed by atoms with van der Waals surface area (Å²) in [7, 11) is 1.60. The average Bonchev–Trinajstić information content (AvgIpc) is 3.06. The van der Waals surface area contributed by atoms with Gasteiger partial charge in [-0.05, 0) is 46.5 Å². The van der Waals surface area contributed by atoms with E-state index in [0.717, 1.165) is 22.3 Å². The molecule has 44 heavy (non-hydrogen) atoms. The van der Waals surface area contributed by atoms with Crippen molar-refractivity contribution in [2.24, 2.45) is 0 Å². The van der Waals surface area contributed by atoms with Crippen molar-refractivity contribution < 1.29 is 39.2 Å². The van der Waals surface area contributed by atoms with Gasteiger partial charge >= 0.3 is 0 Å². The quantitative estimate of drug-likeness (QED) is 0.126. The average molecular weight is 602 g/mol. The Balaban J connectivity index is 1.43. The number of benzene rings is 4. The molecule has 0 bridgehead atoms. The van der Waals surface area contributed by atoms with Crippen LogP contribution in [0.15, 0.2) is 109 Å². The number of hydrogen-bond donors (Lipinski definition) is 3. The second-order valence-corrected chi connectivity index (χ2v) is 10.5. The third-order valence-electron chi connectivity index (χ3n) is 7.75. The third-order valence-corrected chi connectivity index (χ3v) is 7.75. The van der Waals surface area contributed by atoms with Crippen LogP contribution in [0.25, 0.3) is 0 Å². The Morgan fingerprint density at radius 1 is 0.750 bits per heavy atom. The van der Waals surface area contributed by atoms with Crippen LogP contribution in [-0.4, -0.2) is 71.2 Å². The van der Waals surface area contributed by atoms with Crippen LogP contribution in [0.1, 0.15) is 22.3 Å². The number of nitro groups is 1. The van der Waals surface area contributed by atoms with Crippen LogP contribution in [0.2, 0.25) is 0 Å². The minimum Gasteiger partial charge on any atom is -0.497 e. The second-order valence-electron chi connectivity index (χ2n) is 10.5. The molecule has 10 nitrogen and oxygen atoms in total. The van der Waals surface area contributed by atoms with Gasteiger partial charge in [-0.3, -0.25) is 10.1 Å². The maximum absolute atomic E-state index is 11.0. The standard InChI is InChI=1S/C34H35NO9/c1-41-27-18-14-26(15-19-27)34(24-8-4-2-5-9-24,25-10-6-3-7-11-25)42-22-29-30(36)31(37)32(38)33(44-29)43-28-16-12-23(13-17-28)20-21-35(39)40/h2-19,29-33,36-38H,20-22H2,1H3/t29-,30-,31+,32-,33-/m1/s1. The number of hydrogen-bond acceptors (Lipinski definition) is 9. The lowest BCUT2D eigenvalue weighted by Crippen LogP contribution is -2.60. The Labute approximate surface area is 255 Å². The highest BCUT2D eigenvalue weighted by atomic mass is 16.7. The first-order valence-corrected chi connectivity index (χ1v) is 14.3. The summed E-state index contributed by atoms with van der Waals surface area (Å²) in [5, 5.41) is 43.1. The molecule has 4 aromatic carbocycles. The van der Waals surface area contributed by atoms with Crippen LogP contribution >= 0.6 is 0 Å². The van der Waals surface area contributed by atoms with Gasteiger partial charge in [0.1, 0.15) is 41.5 Å². The minimum atomic E-state index is -1.58. The molecule has 0 amide bonds. The van der Waals surface area contributed by atoms with Crippen molar-refractivity contribution in [3.63, 3.8) is 0 Å². The summed E-state index contributed by atoms with van der Waals surface area (Å²) in [6.07, 6.45) is -6.75. The Kier molecular flexibility index (Phi) is 9.89. The van der Waals surface area contributed by atoms with E-state index in [2.05, 4.69) is 0 Å². The fourth-order valence-electron chi connectivity index (χ4n) is 5.37. The highest BCUT2D eigenvalue weighted by molar-refractivity contribution is 5.48. The fourth-order valence-corrected chi connectivity index (χ4v) is 5.37. The summed E-state index contributed by atoms with van der Waals surface area (Å²) < 4.78 is 24.1. The van der Waals surface area contributed by atoms with Crippen LogP contribution < -0.4 is 9.47 Å². The van der Waals surface area contributed by atoms with E-state index in [9.17, 15) is 25.4 Å². The number of nitrogens with zero attached hydrogens (tertiary/aromatic N) is 1. The smallest absolute Gasteiger partial charge is 0.229 e. The molecule has 1 aliphatic rings. The van der Waals surface area contributed by atoms with Crippen LogP contribution in [-0.2, 0) is 21.5 Å². The maximum atomic E-state index is 11.0. The molecule has 0 saturated carbocycles. The summed E-state index contributed by atoms with van der Waals surface area (Å²) in [5.41, 5.74) is 2.05. The summed E-state index contributed by atoms with van der Waals surface area (Å²) in [6, 6.07) is 33.4. The summed E-state index contributed by atoms with van der Waals surface area (Å²) >= 11 is 0. The topological polar surface area (TPSA) is 141 Å². The predicted molar refractivity (Wildman–Crippen MR) is 161 cm³/mol. The molecule has 0 unspecified atom stereocenters. The van der Waals surface area contributed by atoms with Gasteiger partial charge in [0, 0.05) is 11.3 Å². The first-order valence-electron chi connectivity index (χ1n) is 14.3. The lowest BCUT2D eigenvalue weighted by molar-refractivity contribution is -0.479. The molecular formula is C34H35NO9. The van der Waals surface area contributed by atoms with Crippen molar-refractivity contribution in [3.8, 4) is 11.5 Å². The Bertz CT molecular complexity index is 1440. The zero-order valence-electron chi connectivity index (χ0n) is 24.1. The van der Waals surface area contributed by atoms with E-state index in [1.165, 1.54) is 0 Å². The van der Waals surface area contributed by atoms with Gasteiger partial charge in [0.2, 0.25) is 12.8 Å². The highest BCUT2D eigenvalue weighted by Crippen LogP contribution is 2.41. The van der Waals surface area contributed by atoms with E-state index in [0.29, 0.717) is 11.5 Å². The predicted octanol–water partition coefficient (Wildman–Crippen LogP) is 3.71.